The summed E-state index contributed by atoms with van der Waals surface area (Å²) in [5, 5.41) is 8.69. The van der Waals surface area contributed by atoms with E-state index in [1.54, 1.807) is 0 Å². The quantitative estimate of drug-likeness (QED) is 0.550. The van der Waals surface area contributed by atoms with Crippen LogP contribution in [0.2, 0.25) is 0 Å². The predicted molar refractivity (Wildman–Crippen MR) is 40.2 cm³/mol. The molecule has 10 heavy (non-hydrogen) atoms. The molecule has 0 saturated heterocycles. The third kappa shape index (κ3) is 1.48. The molecule has 0 aromatic rings. The summed E-state index contributed by atoms with van der Waals surface area (Å²) >= 11 is 0. The maximum Gasteiger partial charge on any atom is 0.104 e. The van der Waals surface area contributed by atoms with Crippen molar-refractivity contribution >= 4 is 0 Å². The van der Waals surface area contributed by atoms with E-state index in [0.29, 0.717) is 5.92 Å². The SMILES string of the molecule is C[C@@H]1CCC[C@](N)(C#N)C1. The van der Waals surface area contributed by atoms with Gasteiger partial charge in [-0.1, -0.05) is 19.8 Å². The van der Waals surface area contributed by atoms with Crippen LogP contribution in [0, 0.1) is 17.2 Å². The lowest BCUT2D eigenvalue weighted by Crippen LogP contribution is -2.42. The van der Waals surface area contributed by atoms with Gasteiger partial charge in [-0.3, -0.25) is 0 Å². The zero-order valence-electron chi connectivity index (χ0n) is 6.43. The first kappa shape index (κ1) is 7.56. The molecule has 0 aliphatic heterocycles. The van der Waals surface area contributed by atoms with E-state index in [2.05, 4.69) is 13.0 Å². The minimum Gasteiger partial charge on any atom is -0.313 e. The van der Waals surface area contributed by atoms with Gasteiger partial charge in [0.25, 0.3) is 0 Å². The Balaban J connectivity index is 2.56. The van der Waals surface area contributed by atoms with Gasteiger partial charge in [-0.25, -0.2) is 0 Å². The Morgan fingerprint density at radius 3 is 2.80 bits per heavy atom. The van der Waals surface area contributed by atoms with Crippen LogP contribution >= 0.6 is 0 Å². The molecule has 0 amide bonds. The van der Waals surface area contributed by atoms with E-state index < -0.39 is 5.54 Å². The van der Waals surface area contributed by atoms with Gasteiger partial charge < -0.3 is 5.73 Å². The highest BCUT2D eigenvalue weighted by Gasteiger charge is 2.30. The highest BCUT2D eigenvalue weighted by molar-refractivity contribution is 5.06. The van der Waals surface area contributed by atoms with Crippen molar-refractivity contribution in [3.05, 3.63) is 0 Å². The van der Waals surface area contributed by atoms with Crippen molar-refractivity contribution in [2.45, 2.75) is 38.1 Å². The van der Waals surface area contributed by atoms with E-state index in [1.807, 2.05) is 0 Å². The van der Waals surface area contributed by atoms with E-state index >= 15 is 0 Å². The Bertz CT molecular complexity index is 159. The van der Waals surface area contributed by atoms with E-state index in [0.717, 1.165) is 19.3 Å². The second kappa shape index (κ2) is 2.59. The highest BCUT2D eigenvalue weighted by Crippen LogP contribution is 2.29. The first-order valence-electron chi connectivity index (χ1n) is 3.86. The third-order valence-corrected chi connectivity index (χ3v) is 2.26. The highest BCUT2D eigenvalue weighted by atomic mass is 14.7. The molecular formula is C8H14N2. The average Bonchev–Trinajstić information content (AvgIpc) is 1.88. The maximum atomic E-state index is 8.69. The summed E-state index contributed by atoms with van der Waals surface area (Å²) in [6, 6.07) is 2.19. The van der Waals surface area contributed by atoms with Crippen molar-refractivity contribution in [2.24, 2.45) is 11.7 Å². The molecule has 0 bridgehead atoms. The van der Waals surface area contributed by atoms with E-state index in [9.17, 15) is 0 Å². The average molecular weight is 138 g/mol. The van der Waals surface area contributed by atoms with Crippen molar-refractivity contribution in [3.63, 3.8) is 0 Å². The Hall–Kier alpha value is -0.550. The fourth-order valence-corrected chi connectivity index (χ4v) is 1.69. The smallest absolute Gasteiger partial charge is 0.104 e. The fraction of sp³-hybridized carbons (Fsp3) is 0.875. The van der Waals surface area contributed by atoms with Crippen LogP contribution in [0.3, 0.4) is 0 Å². The van der Waals surface area contributed by atoms with Gasteiger partial charge in [0.1, 0.15) is 5.54 Å². The van der Waals surface area contributed by atoms with Crippen LogP contribution in [0.4, 0.5) is 0 Å². The number of nitriles is 1. The molecule has 0 heterocycles. The lowest BCUT2D eigenvalue weighted by molar-refractivity contribution is 0.290. The van der Waals surface area contributed by atoms with Crippen molar-refractivity contribution in [3.8, 4) is 6.07 Å². The molecule has 2 heteroatoms. The normalized spacial score (nSPS) is 40.7. The molecule has 0 aromatic carbocycles. The number of nitrogens with zero attached hydrogens (tertiary/aromatic N) is 1. The molecule has 1 aliphatic carbocycles. The molecule has 0 unspecified atom stereocenters. The van der Waals surface area contributed by atoms with Crippen LogP contribution in [0.5, 0.6) is 0 Å². The zero-order valence-corrected chi connectivity index (χ0v) is 6.43. The zero-order chi connectivity index (χ0) is 7.61. The Labute approximate surface area is 62.0 Å². The van der Waals surface area contributed by atoms with Gasteiger partial charge >= 0.3 is 0 Å². The molecule has 0 radical (unpaired) electrons. The molecular weight excluding hydrogens is 124 g/mol. The lowest BCUT2D eigenvalue weighted by Gasteiger charge is -2.30. The maximum absolute atomic E-state index is 8.69. The van der Waals surface area contributed by atoms with E-state index in [1.165, 1.54) is 6.42 Å². The van der Waals surface area contributed by atoms with Crippen LogP contribution in [0.1, 0.15) is 32.6 Å². The van der Waals surface area contributed by atoms with Gasteiger partial charge in [-0.2, -0.15) is 5.26 Å². The van der Waals surface area contributed by atoms with Gasteiger partial charge in [-0.15, -0.1) is 0 Å². The summed E-state index contributed by atoms with van der Waals surface area (Å²) in [5.41, 5.74) is 5.29. The minimum absolute atomic E-state index is 0.502. The second-order valence-electron chi connectivity index (χ2n) is 3.47. The van der Waals surface area contributed by atoms with Crippen LogP contribution < -0.4 is 5.73 Å². The third-order valence-electron chi connectivity index (χ3n) is 2.26. The lowest BCUT2D eigenvalue weighted by atomic mass is 9.78. The Morgan fingerprint density at radius 2 is 2.40 bits per heavy atom. The molecule has 56 valence electrons. The van der Waals surface area contributed by atoms with Crippen LogP contribution in [0.25, 0.3) is 0 Å². The first-order valence-corrected chi connectivity index (χ1v) is 3.86. The largest absolute Gasteiger partial charge is 0.313 e. The molecule has 1 aliphatic rings. The van der Waals surface area contributed by atoms with Crippen molar-refractivity contribution in [2.75, 3.05) is 0 Å². The number of rotatable bonds is 0. The minimum atomic E-state index is -0.502. The van der Waals surface area contributed by atoms with Crippen LogP contribution in [-0.4, -0.2) is 5.54 Å². The molecule has 2 N–H and O–H groups in total. The number of hydrogen-bond acceptors (Lipinski definition) is 2. The molecule has 2 atom stereocenters. The standard InChI is InChI=1S/C8H14N2/c1-7-3-2-4-8(10,5-7)6-9/h7H,2-5,10H2,1H3/t7-,8-/m1/s1. The van der Waals surface area contributed by atoms with Gasteiger partial charge in [0.2, 0.25) is 0 Å². The van der Waals surface area contributed by atoms with Crippen molar-refractivity contribution in [1.29, 1.82) is 5.26 Å². The predicted octanol–water partition coefficient (Wildman–Crippen LogP) is 1.42. The molecule has 0 aromatic heterocycles. The summed E-state index contributed by atoms with van der Waals surface area (Å²) in [7, 11) is 0. The summed E-state index contributed by atoms with van der Waals surface area (Å²) < 4.78 is 0. The second-order valence-corrected chi connectivity index (χ2v) is 3.47. The molecule has 1 fully saturated rings. The van der Waals surface area contributed by atoms with Crippen molar-refractivity contribution in [1.82, 2.24) is 0 Å². The Morgan fingerprint density at radius 1 is 1.70 bits per heavy atom. The van der Waals surface area contributed by atoms with Crippen LogP contribution in [0.15, 0.2) is 0 Å². The summed E-state index contributed by atoms with van der Waals surface area (Å²) in [4.78, 5) is 0. The number of nitrogens with two attached hydrogens (primary N) is 1. The van der Waals surface area contributed by atoms with Gasteiger partial charge in [0.05, 0.1) is 6.07 Å². The van der Waals surface area contributed by atoms with Crippen LogP contribution in [-0.2, 0) is 0 Å². The van der Waals surface area contributed by atoms with Gasteiger partial charge in [0, 0.05) is 0 Å². The molecule has 0 spiro atoms. The van der Waals surface area contributed by atoms with Gasteiger partial charge in [-0.05, 0) is 18.8 Å². The molecule has 1 rings (SSSR count). The fourth-order valence-electron chi connectivity index (χ4n) is 1.69. The van der Waals surface area contributed by atoms with E-state index in [-0.39, 0.29) is 0 Å². The topological polar surface area (TPSA) is 49.8 Å². The molecule has 1 saturated carbocycles. The van der Waals surface area contributed by atoms with Crippen molar-refractivity contribution < 1.29 is 0 Å². The summed E-state index contributed by atoms with van der Waals surface area (Å²) in [6.45, 7) is 2.16. The monoisotopic (exact) mass is 138 g/mol. The summed E-state index contributed by atoms with van der Waals surface area (Å²) in [6.07, 6.45) is 4.11. The number of hydrogen-bond donors (Lipinski definition) is 1. The molecule has 2 nitrogen and oxygen atoms in total. The summed E-state index contributed by atoms with van der Waals surface area (Å²) in [5.74, 6) is 0.637. The van der Waals surface area contributed by atoms with Gasteiger partial charge in [0.15, 0.2) is 0 Å². The first-order chi connectivity index (χ1) is 4.66. The van der Waals surface area contributed by atoms with E-state index in [4.69, 9.17) is 11.0 Å². The Kier molecular flexibility index (Phi) is 1.96.